The van der Waals surface area contributed by atoms with Crippen LogP contribution in [0, 0.1) is 0 Å². The van der Waals surface area contributed by atoms with E-state index in [4.69, 9.17) is 34.8 Å². The summed E-state index contributed by atoms with van der Waals surface area (Å²) in [5.74, 6) is 0.611. The van der Waals surface area contributed by atoms with Gasteiger partial charge in [0.05, 0.1) is 20.8 Å². The SMILES string of the molecule is O=C(NC1CCCN(c2ccc(-c3ccccc3Cl)nn2)C1)c1ccc(Cl)c(Cl)c1. The van der Waals surface area contributed by atoms with Crippen LogP contribution >= 0.6 is 34.8 Å². The highest BCUT2D eigenvalue weighted by molar-refractivity contribution is 6.42. The highest BCUT2D eigenvalue weighted by Crippen LogP contribution is 2.27. The zero-order valence-corrected chi connectivity index (χ0v) is 18.3. The molecule has 2 heterocycles. The van der Waals surface area contributed by atoms with Crippen molar-refractivity contribution in [2.45, 2.75) is 18.9 Å². The largest absolute Gasteiger partial charge is 0.353 e. The van der Waals surface area contributed by atoms with Crippen molar-refractivity contribution in [1.29, 1.82) is 0 Å². The van der Waals surface area contributed by atoms with Gasteiger partial charge in [-0.05, 0) is 49.2 Å². The molecule has 1 unspecified atom stereocenters. The predicted octanol–water partition coefficient (Wildman–Crippen LogP) is 5.50. The van der Waals surface area contributed by atoms with Crippen molar-refractivity contribution in [3.63, 3.8) is 0 Å². The lowest BCUT2D eigenvalue weighted by molar-refractivity contribution is 0.0933. The summed E-state index contributed by atoms with van der Waals surface area (Å²) in [5.41, 5.74) is 2.07. The van der Waals surface area contributed by atoms with Gasteiger partial charge >= 0.3 is 0 Å². The Labute approximate surface area is 190 Å². The highest BCUT2D eigenvalue weighted by atomic mass is 35.5. The zero-order chi connectivity index (χ0) is 21.1. The van der Waals surface area contributed by atoms with Crippen molar-refractivity contribution in [1.82, 2.24) is 15.5 Å². The summed E-state index contributed by atoms with van der Waals surface area (Å²) >= 11 is 18.2. The number of hydrogen-bond acceptors (Lipinski definition) is 4. The fraction of sp³-hybridized carbons (Fsp3) is 0.227. The van der Waals surface area contributed by atoms with Crippen LogP contribution in [0.2, 0.25) is 15.1 Å². The maximum absolute atomic E-state index is 12.6. The molecule has 30 heavy (non-hydrogen) atoms. The molecule has 5 nitrogen and oxygen atoms in total. The molecule has 1 fully saturated rings. The average Bonchev–Trinajstić information content (AvgIpc) is 2.76. The normalized spacial score (nSPS) is 16.4. The van der Waals surface area contributed by atoms with Gasteiger partial charge < -0.3 is 10.2 Å². The Hall–Kier alpha value is -2.34. The van der Waals surface area contributed by atoms with Gasteiger partial charge in [0.25, 0.3) is 5.91 Å². The molecule has 3 aromatic rings. The van der Waals surface area contributed by atoms with Crippen molar-refractivity contribution in [3.8, 4) is 11.3 Å². The minimum absolute atomic E-state index is 0.00532. The first-order valence-corrected chi connectivity index (χ1v) is 10.7. The van der Waals surface area contributed by atoms with Gasteiger partial charge in [0, 0.05) is 30.3 Å². The first kappa shape index (κ1) is 20.9. The van der Waals surface area contributed by atoms with Crippen LogP contribution in [0.15, 0.2) is 54.6 Å². The number of halogens is 3. The van der Waals surface area contributed by atoms with Crippen molar-refractivity contribution in [2.75, 3.05) is 18.0 Å². The number of carbonyl (C=O) groups is 1. The second-order valence-corrected chi connectivity index (χ2v) is 8.37. The van der Waals surface area contributed by atoms with E-state index >= 15 is 0 Å². The number of aromatic nitrogens is 2. The van der Waals surface area contributed by atoms with E-state index in [0.717, 1.165) is 36.5 Å². The van der Waals surface area contributed by atoms with E-state index < -0.39 is 0 Å². The summed E-state index contributed by atoms with van der Waals surface area (Å²) in [6.45, 7) is 1.52. The Kier molecular flexibility index (Phi) is 6.42. The van der Waals surface area contributed by atoms with Crippen LogP contribution < -0.4 is 10.2 Å². The molecule has 0 radical (unpaired) electrons. The van der Waals surface area contributed by atoms with Crippen molar-refractivity contribution >= 4 is 46.5 Å². The van der Waals surface area contributed by atoms with E-state index in [1.54, 1.807) is 18.2 Å². The number of benzene rings is 2. The summed E-state index contributed by atoms with van der Waals surface area (Å²) in [7, 11) is 0. The van der Waals surface area contributed by atoms with Gasteiger partial charge in [-0.25, -0.2) is 0 Å². The van der Waals surface area contributed by atoms with Gasteiger partial charge in [-0.15, -0.1) is 10.2 Å². The molecule has 1 N–H and O–H groups in total. The molecule has 0 bridgehead atoms. The van der Waals surface area contributed by atoms with Crippen molar-refractivity contribution < 1.29 is 4.79 Å². The number of hydrogen-bond donors (Lipinski definition) is 1. The molecular weight excluding hydrogens is 443 g/mol. The Balaban J connectivity index is 1.43. The second kappa shape index (κ2) is 9.21. The van der Waals surface area contributed by atoms with E-state index in [0.29, 0.717) is 27.2 Å². The van der Waals surface area contributed by atoms with E-state index in [2.05, 4.69) is 20.4 Å². The number of nitrogens with one attached hydrogen (secondary N) is 1. The van der Waals surface area contributed by atoms with Crippen LogP contribution in [0.4, 0.5) is 5.82 Å². The molecule has 1 aliphatic rings. The van der Waals surface area contributed by atoms with E-state index in [1.807, 2.05) is 36.4 Å². The third-order valence-corrected chi connectivity index (χ3v) is 6.13. The number of rotatable bonds is 4. The van der Waals surface area contributed by atoms with Crippen molar-refractivity contribution in [3.05, 3.63) is 75.2 Å². The smallest absolute Gasteiger partial charge is 0.251 e. The molecule has 8 heteroatoms. The van der Waals surface area contributed by atoms with Gasteiger partial charge in [0.2, 0.25) is 0 Å². The highest BCUT2D eigenvalue weighted by Gasteiger charge is 2.23. The van der Waals surface area contributed by atoms with E-state index in [-0.39, 0.29) is 11.9 Å². The number of carbonyl (C=O) groups excluding carboxylic acids is 1. The number of anilines is 1. The molecule has 2 aromatic carbocycles. The number of nitrogens with zero attached hydrogens (tertiary/aromatic N) is 3. The molecular formula is C22H19Cl3N4O. The second-order valence-electron chi connectivity index (χ2n) is 7.14. The molecule has 1 amide bonds. The third-order valence-electron chi connectivity index (χ3n) is 5.06. The quantitative estimate of drug-likeness (QED) is 0.557. The van der Waals surface area contributed by atoms with Gasteiger partial charge in [0.15, 0.2) is 5.82 Å². The summed E-state index contributed by atoms with van der Waals surface area (Å²) in [6.07, 6.45) is 1.84. The summed E-state index contributed by atoms with van der Waals surface area (Å²) in [6, 6.07) is 16.3. The first-order valence-electron chi connectivity index (χ1n) is 9.61. The summed E-state index contributed by atoms with van der Waals surface area (Å²) in [5, 5.41) is 13.2. The van der Waals surface area contributed by atoms with E-state index in [9.17, 15) is 4.79 Å². The first-order chi connectivity index (χ1) is 14.5. The third kappa shape index (κ3) is 4.69. The zero-order valence-electron chi connectivity index (χ0n) is 16.0. The average molecular weight is 462 g/mol. The molecule has 1 atom stereocenters. The Bertz CT molecular complexity index is 1060. The minimum atomic E-state index is -0.166. The maximum atomic E-state index is 12.6. The van der Waals surface area contributed by atoms with Crippen LogP contribution in [-0.2, 0) is 0 Å². The lowest BCUT2D eigenvalue weighted by atomic mass is 10.0. The van der Waals surface area contributed by atoms with Gasteiger partial charge in [-0.1, -0.05) is 53.0 Å². The van der Waals surface area contributed by atoms with Gasteiger partial charge in [-0.3, -0.25) is 4.79 Å². The topological polar surface area (TPSA) is 58.1 Å². The molecule has 4 rings (SSSR count). The van der Waals surface area contributed by atoms with Crippen LogP contribution in [0.5, 0.6) is 0 Å². The Morgan fingerprint density at radius 1 is 0.967 bits per heavy atom. The fourth-order valence-corrected chi connectivity index (χ4v) is 4.05. The maximum Gasteiger partial charge on any atom is 0.251 e. The standard InChI is InChI=1S/C22H19Cl3N4O/c23-17-6-2-1-5-16(17)20-9-10-21(28-27-20)29-11-3-4-15(13-29)26-22(30)14-7-8-18(24)19(25)12-14/h1-2,5-10,12,15H,3-4,11,13H2,(H,26,30). The van der Waals surface area contributed by atoms with Gasteiger partial charge in [0.1, 0.15) is 0 Å². The number of piperidine rings is 1. The summed E-state index contributed by atoms with van der Waals surface area (Å²) < 4.78 is 0. The van der Waals surface area contributed by atoms with Gasteiger partial charge in [-0.2, -0.15) is 0 Å². The van der Waals surface area contributed by atoms with E-state index in [1.165, 1.54) is 0 Å². The lowest BCUT2D eigenvalue weighted by Crippen LogP contribution is -2.48. The Morgan fingerprint density at radius 2 is 1.80 bits per heavy atom. The van der Waals surface area contributed by atoms with Crippen LogP contribution in [-0.4, -0.2) is 35.2 Å². The summed E-state index contributed by atoms with van der Waals surface area (Å²) in [4.78, 5) is 14.7. The molecule has 1 saturated heterocycles. The van der Waals surface area contributed by atoms with Crippen LogP contribution in [0.1, 0.15) is 23.2 Å². The fourth-order valence-electron chi connectivity index (χ4n) is 3.52. The minimum Gasteiger partial charge on any atom is -0.353 e. The predicted molar refractivity (Wildman–Crippen MR) is 122 cm³/mol. The molecule has 1 aromatic heterocycles. The number of amides is 1. The Morgan fingerprint density at radius 3 is 2.53 bits per heavy atom. The lowest BCUT2D eigenvalue weighted by Gasteiger charge is -2.33. The van der Waals surface area contributed by atoms with Crippen LogP contribution in [0.3, 0.4) is 0 Å². The van der Waals surface area contributed by atoms with Crippen LogP contribution in [0.25, 0.3) is 11.3 Å². The molecule has 0 spiro atoms. The molecule has 154 valence electrons. The monoisotopic (exact) mass is 460 g/mol. The molecule has 0 saturated carbocycles. The van der Waals surface area contributed by atoms with Crippen molar-refractivity contribution in [2.24, 2.45) is 0 Å². The molecule has 1 aliphatic heterocycles. The molecule has 0 aliphatic carbocycles.